The van der Waals surface area contributed by atoms with Crippen molar-refractivity contribution in [3.63, 3.8) is 0 Å². The highest BCUT2D eigenvalue weighted by Gasteiger charge is 2.32. The average molecular weight is 295 g/mol. The molecule has 0 saturated heterocycles. The predicted octanol–water partition coefficient (Wildman–Crippen LogP) is 1.79. The lowest BCUT2D eigenvalue weighted by atomic mass is 10.0. The Labute approximate surface area is 124 Å². The van der Waals surface area contributed by atoms with Gasteiger partial charge in [0.25, 0.3) is 0 Å². The fourth-order valence-corrected chi connectivity index (χ4v) is 1.67. The van der Waals surface area contributed by atoms with Crippen molar-refractivity contribution < 1.29 is 24.2 Å². The van der Waals surface area contributed by atoms with Crippen LogP contribution in [0.3, 0.4) is 0 Å². The number of carbonyl (C=O) groups excluding carboxylic acids is 2. The molecule has 1 aromatic carbocycles. The van der Waals surface area contributed by atoms with Gasteiger partial charge in [-0.15, -0.1) is 0 Å². The van der Waals surface area contributed by atoms with Gasteiger partial charge in [0.05, 0.1) is 7.11 Å². The number of hydrogen-bond acceptors (Lipinski definition) is 5. The summed E-state index contributed by atoms with van der Waals surface area (Å²) < 4.78 is 9.70. The largest absolute Gasteiger partial charge is 0.467 e. The number of aliphatic hydroxyl groups excluding tert-OH is 1. The van der Waals surface area contributed by atoms with Crippen LogP contribution < -0.4 is 5.32 Å². The minimum absolute atomic E-state index is 0.490. The molecule has 0 aliphatic heterocycles. The first kappa shape index (κ1) is 17.0. The van der Waals surface area contributed by atoms with Crippen LogP contribution in [0.25, 0.3) is 0 Å². The lowest BCUT2D eigenvalue weighted by Crippen LogP contribution is -2.47. The Bertz CT molecular complexity index is 481. The van der Waals surface area contributed by atoms with E-state index in [-0.39, 0.29) is 0 Å². The van der Waals surface area contributed by atoms with Crippen LogP contribution in [0, 0.1) is 0 Å². The SMILES string of the molecule is COC(=O)[C@H](NC(=O)OC(C)(C)C)[C@@H](O)c1ccccc1. The molecule has 0 aliphatic carbocycles. The molecule has 116 valence electrons. The Morgan fingerprint density at radius 3 is 2.24 bits per heavy atom. The van der Waals surface area contributed by atoms with E-state index in [0.717, 1.165) is 0 Å². The van der Waals surface area contributed by atoms with Crippen molar-refractivity contribution >= 4 is 12.1 Å². The number of aliphatic hydroxyl groups is 1. The van der Waals surface area contributed by atoms with Crippen molar-refractivity contribution in [1.29, 1.82) is 0 Å². The Morgan fingerprint density at radius 2 is 1.76 bits per heavy atom. The van der Waals surface area contributed by atoms with E-state index in [1.54, 1.807) is 51.1 Å². The Hall–Kier alpha value is -2.08. The van der Waals surface area contributed by atoms with E-state index < -0.39 is 29.8 Å². The van der Waals surface area contributed by atoms with Gasteiger partial charge in [0.1, 0.15) is 11.7 Å². The number of nitrogens with one attached hydrogen (secondary N) is 1. The second-order valence-corrected chi connectivity index (χ2v) is 5.50. The molecule has 0 saturated carbocycles. The van der Waals surface area contributed by atoms with Gasteiger partial charge in [-0.25, -0.2) is 9.59 Å². The highest BCUT2D eigenvalue weighted by atomic mass is 16.6. The third kappa shape index (κ3) is 5.43. The number of rotatable bonds is 4. The molecule has 6 heteroatoms. The molecule has 0 aliphatic rings. The molecule has 0 bridgehead atoms. The van der Waals surface area contributed by atoms with Crippen molar-refractivity contribution in [2.24, 2.45) is 0 Å². The van der Waals surface area contributed by atoms with E-state index >= 15 is 0 Å². The molecule has 2 N–H and O–H groups in total. The van der Waals surface area contributed by atoms with Gasteiger partial charge in [-0.3, -0.25) is 0 Å². The third-order valence-electron chi connectivity index (χ3n) is 2.58. The standard InChI is InChI=1S/C15H21NO5/c1-15(2,3)21-14(19)16-11(13(18)20-4)12(17)10-8-6-5-7-9-10/h5-9,11-12,17H,1-4H3,(H,16,19)/t11-,12+/m1/s1. The maximum absolute atomic E-state index is 11.8. The molecular weight excluding hydrogens is 274 g/mol. The zero-order valence-corrected chi connectivity index (χ0v) is 12.6. The van der Waals surface area contributed by atoms with Crippen molar-refractivity contribution in [3.8, 4) is 0 Å². The first-order chi connectivity index (χ1) is 9.74. The van der Waals surface area contributed by atoms with Gasteiger partial charge in [-0.05, 0) is 26.3 Å². The molecule has 1 rings (SSSR count). The van der Waals surface area contributed by atoms with Gasteiger partial charge in [0.15, 0.2) is 6.04 Å². The van der Waals surface area contributed by atoms with Gasteiger partial charge in [0.2, 0.25) is 0 Å². The maximum atomic E-state index is 11.8. The van der Waals surface area contributed by atoms with Crippen LogP contribution in [0.2, 0.25) is 0 Å². The molecule has 0 spiro atoms. The number of hydrogen-bond donors (Lipinski definition) is 2. The van der Waals surface area contributed by atoms with Crippen molar-refractivity contribution in [1.82, 2.24) is 5.32 Å². The highest BCUT2D eigenvalue weighted by molar-refractivity contribution is 5.82. The summed E-state index contributed by atoms with van der Waals surface area (Å²) in [6, 6.07) is 7.28. The van der Waals surface area contributed by atoms with Gasteiger partial charge in [0, 0.05) is 0 Å². The normalized spacial score (nSPS) is 14.0. The zero-order valence-electron chi connectivity index (χ0n) is 12.6. The van der Waals surface area contributed by atoms with Crippen LogP contribution >= 0.6 is 0 Å². The molecule has 2 atom stereocenters. The number of methoxy groups -OCH3 is 1. The molecule has 1 aromatic rings. The summed E-state index contributed by atoms with van der Waals surface area (Å²) in [4.78, 5) is 23.5. The Morgan fingerprint density at radius 1 is 1.19 bits per heavy atom. The molecule has 1 amide bonds. The van der Waals surface area contributed by atoms with E-state index in [4.69, 9.17) is 4.74 Å². The molecule has 0 radical (unpaired) electrons. The second kappa shape index (κ2) is 7.08. The van der Waals surface area contributed by atoms with Crippen LogP contribution in [0.15, 0.2) is 30.3 Å². The molecular formula is C15H21NO5. The fourth-order valence-electron chi connectivity index (χ4n) is 1.67. The molecule has 0 aromatic heterocycles. The van der Waals surface area contributed by atoms with Gasteiger partial charge in [-0.1, -0.05) is 30.3 Å². The summed E-state index contributed by atoms with van der Waals surface area (Å²) in [5.74, 6) is -0.753. The minimum atomic E-state index is -1.24. The topological polar surface area (TPSA) is 84.9 Å². The first-order valence-electron chi connectivity index (χ1n) is 6.55. The summed E-state index contributed by atoms with van der Waals surface area (Å²) in [7, 11) is 1.18. The monoisotopic (exact) mass is 295 g/mol. The third-order valence-corrected chi connectivity index (χ3v) is 2.58. The minimum Gasteiger partial charge on any atom is -0.467 e. The van der Waals surface area contributed by atoms with E-state index in [1.165, 1.54) is 7.11 Å². The summed E-state index contributed by atoms with van der Waals surface area (Å²) in [5.41, 5.74) is -0.216. The van der Waals surface area contributed by atoms with E-state index in [9.17, 15) is 14.7 Å². The highest BCUT2D eigenvalue weighted by Crippen LogP contribution is 2.18. The van der Waals surface area contributed by atoms with Gasteiger partial charge >= 0.3 is 12.1 Å². The van der Waals surface area contributed by atoms with Crippen LogP contribution in [-0.2, 0) is 14.3 Å². The number of benzene rings is 1. The lowest BCUT2D eigenvalue weighted by Gasteiger charge is -2.25. The zero-order chi connectivity index (χ0) is 16.0. The summed E-state index contributed by atoms with van der Waals surface area (Å²) >= 11 is 0. The number of amides is 1. The maximum Gasteiger partial charge on any atom is 0.408 e. The number of esters is 1. The first-order valence-corrected chi connectivity index (χ1v) is 6.55. The number of alkyl carbamates (subject to hydrolysis) is 1. The second-order valence-electron chi connectivity index (χ2n) is 5.50. The number of ether oxygens (including phenoxy) is 2. The molecule has 0 fully saturated rings. The van der Waals surface area contributed by atoms with Crippen LogP contribution in [0.1, 0.15) is 32.4 Å². The van der Waals surface area contributed by atoms with Crippen molar-refractivity contribution in [2.75, 3.05) is 7.11 Å². The van der Waals surface area contributed by atoms with E-state index in [0.29, 0.717) is 5.56 Å². The fraction of sp³-hybridized carbons (Fsp3) is 0.467. The van der Waals surface area contributed by atoms with Gasteiger partial charge in [-0.2, -0.15) is 0 Å². The summed E-state index contributed by atoms with van der Waals surface area (Å²) in [6.07, 6.45) is -2.03. The number of carbonyl (C=O) groups is 2. The summed E-state index contributed by atoms with van der Waals surface area (Å²) in [6.45, 7) is 5.11. The average Bonchev–Trinajstić information content (AvgIpc) is 2.42. The smallest absolute Gasteiger partial charge is 0.408 e. The molecule has 21 heavy (non-hydrogen) atoms. The van der Waals surface area contributed by atoms with Crippen LogP contribution in [0.5, 0.6) is 0 Å². The predicted molar refractivity (Wildman–Crippen MR) is 76.6 cm³/mol. The van der Waals surface area contributed by atoms with E-state index in [1.807, 2.05) is 0 Å². The van der Waals surface area contributed by atoms with Gasteiger partial charge < -0.3 is 19.9 Å². The van der Waals surface area contributed by atoms with Crippen LogP contribution in [0.4, 0.5) is 4.79 Å². The Balaban J connectivity index is 2.86. The lowest BCUT2D eigenvalue weighted by molar-refractivity contribution is -0.146. The molecule has 6 nitrogen and oxygen atoms in total. The Kier molecular flexibility index (Phi) is 5.72. The van der Waals surface area contributed by atoms with Crippen molar-refractivity contribution in [2.45, 2.75) is 38.5 Å². The summed E-state index contributed by atoms with van der Waals surface area (Å²) in [5, 5.41) is 12.6. The van der Waals surface area contributed by atoms with Crippen LogP contribution in [-0.4, -0.2) is 35.9 Å². The van der Waals surface area contributed by atoms with E-state index in [2.05, 4.69) is 10.1 Å². The molecule has 0 heterocycles. The molecule has 0 unspecified atom stereocenters. The van der Waals surface area contributed by atoms with Crippen molar-refractivity contribution in [3.05, 3.63) is 35.9 Å². The quantitative estimate of drug-likeness (QED) is 0.827.